The molecule has 1 unspecified atom stereocenters. The van der Waals surface area contributed by atoms with Crippen molar-refractivity contribution in [3.8, 4) is 5.75 Å². The maximum absolute atomic E-state index is 5.95. The number of nitrogens with one attached hydrogen (secondary N) is 1. The molecule has 120 valence electrons. The molecular formula is C19H33NO. The van der Waals surface area contributed by atoms with Gasteiger partial charge in [-0.3, -0.25) is 0 Å². The minimum Gasteiger partial charge on any atom is -0.493 e. The third-order valence-corrected chi connectivity index (χ3v) is 3.98. The third kappa shape index (κ3) is 6.09. The summed E-state index contributed by atoms with van der Waals surface area (Å²) in [7, 11) is 0. The van der Waals surface area contributed by atoms with Crippen molar-refractivity contribution >= 4 is 0 Å². The van der Waals surface area contributed by atoms with Gasteiger partial charge in [-0.05, 0) is 55.3 Å². The summed E-state index contributed by atoms with van der Waals surface area (Å²) in [6.07, 6.45) is 3.47. The SMILES string of the molecule is CCNC(CC)CCCOc1ccc(C(C)(C)C)cc1C. The molecule has 0 aromatic heterocycles. The number of rotatable bonds is 8. The van der Waals surface area contributed by atoms with Crippen LogP contribution in [0.3, 0.4) is 0 Å². The Hall–Kier alpha value is -1.02. The van der Waals surface area contributed by atoms with Crippen molar-refractivity contribution < 1.29 is 4.74 Å². The zero-order valence-corrected chi connectivity index (χ0v) is 14.8. The largest absolute Gasteiger partial charge is 0.493 e. The molecule has 0 spiro atoms. The lowest BCUT2D eigenvalue weighted by Gasteiger charge is -2.21. The van der Waals surface area contributed by atoms with Crippen LogP contribution in [0.5, 0.6) is 5.75 Å². The van der Waals surface area contributed by atoms with Gasteiger partial charge in [0.2, 0.25) is 0 Å². The first-order valence-electron chi connectivity index (χ1n) is 8.35. The predicted octanol–water partition coefficient (Wildman–Crippen LogP) is 4.84. The molecule has 1 aromatic carbocycles. The van der Waals surface area contributed by atoms with Crippen LogP contribution in [-0.4, -0.2) is 19.2 Å². The van der Waals surface area contributed by atoms with Crippen molar-refractivity contribution in [1.82, 2.24) is 5.32 Å². The third-order valence-electron chi connectivity index (χ3n) is 3.98. The Morgan fingerprint density at radius 1 is 1.19 bits per heavy atom. The maximum atomic E-state index is 5.95. The van der Waals surface area contributed by atoms with Crippen molar-refractivity contribution in [2.75, 3.05) is 13.2 Å². The van der Waals surface area contributed by atoms with E-state index in [1.54, 1.807) is 0 Å². The van der Waals surface area contributed by atoms with E-state index in [2.05, 4.69) is 65.1 Å². The van der Waals surface area contributed by atoms with Gasteiger partial charge in [-0.25, -0.2) is 0 Å². The van der Waals surface area contributed by atoms with E-state index in [9.17, 15) is 0 Å². The minimum atomic E-state index is 0.198. The van der Waals surface area contributed by atoms with Crippen LogP contribution < -0.4 is 10.1 Å². The zero-order valence-electron chi connectivity index (χ0n) is 14.8. The predicted molar refractivity (Wildman–Crippen MR) is 92.4 cm³/mol. The molecule has 2 nitrogen and oxygen atoms in total. The van der Waals surface area contributed by atoms with Gasteiger partial charge in [0.1, 0.15) is 5.75 Å². The summed E-state index contributed by atoms with van der Waals surface area (Å²) in [6.45, 7) is 15.1. The van der Waals surface area contributed by atoms with E-state index in [1.807, 2.05) is 0 Å². The summed E-state index contributed by atoms with van der Waals surface area (Å²) in [5.74, 6) is 1.03. The molecular weight excluding hydrogens is 258 g/mol. The molecule has 0 aliphatic carbocycles. The molecule has 0 radical (unpaired) electrons. The average Bonchev–Trinajstić information content (AvgIpc) is 2.42. The molecule has 0 bridgehead atoms. The van der Waals surface area contributed by atoms with Gasteiger partial charge in [0.15, 0.2) is 0 Å². The van der Waals surface area contributed by atoms with E-state index in [4.69, 9.17) is 4.74 Å². The van der Waals surface area contributed by atoms with Gasteiger partial charge in [-0.1, -0.05) is 46.8 Å². The highest BCUT2D eigenvalue weighted by atomic mass is 16.5. The van der Waals surface area contributed by atoms with Crippen LogP contribution in [0.4, 0.5) is 0 Å². The quantitative estimate of drug-likeness (QED) is 0.692. The molecule has 0 saturated heterocycles. The monoisotopic (exact) mass is 291 g/mol. The van der Waals surface area contributed by atoms with Crippen LogP contribution in [0.25, 0.3) is 0 Å². The van der Waals surface area contributed by atoms with E-state index in [1.165, 1.54) is 24.0 Å². The standard InChI is InChI=1S/C19H33NO/c1-7-17(20-8-2)10-9-13-21-18-12-11-16(14-15(18)3)19(4,5)6/h11-12,14,17,20H,7-10,13H2,1-6H3. The molecule has 1 atom stereocenters. The molecule has 1 rings (SSSR count). The first kappa shape index (κ1) is 18.0. The van der Waals surface area contributed by atoms with Crippen molar-refractivity contribution in [2.45, 2.75) is 72.3 Å². The van der Waals surface area contributed by atoms with Gasteiger partial charge in [-0.2, -0.15) is 0 Å². The summed E-state index contributed by atoms with van der Waals surface area (Å²) >= 11 is 0. The highest BCUT2D eigenvalue weighted by molar-refractivity contribution is 5.38. The highest BCUT2D eigenvalue weighted by Gasteiger charge is 2.14. The van der Waals surface area contributed by atoms with Crippen LogP contribution >= 0.6 is 0 Å². The fraction of sp³-hybridized carbons (Fsp3) is 0.684. The molecule has 0 fully saturated rings. The normalized spacial score (nSPS) is 13.2. The van der Waals surface area contributed by atoms with Gasteiger partial charge in [-0.15, -0.1) is 0 Å². The smallest absolute Gasteiger partial charge is 0.122 e. The van der Waals surface area contributed by atoms with Crippen molar-refractivity contribution in [2.24, 2.45) is 0 Å². The Kier molecular flexibility index (Phi) is 7.24. The summed E-state index contributed by atoms with van der Waals surface area (Å²) in [5.41, 5.74) is 2.80. The number of benzene rings is 1. The fourth-order valence-corrected chi connectivity index (χ4v) is 2.53. The topological polar surface area (TPSA) is 21.3 Å². The van der Waals surface area contributed by atoms with Crippen LogP contribution in [0.2, 0.25) is 0 Å². The zero-order chi connectivity index (χ0) is 15.9. The average molecular weight is 291 g/mol. The van der Waals surface area contributed by atoms with E-state index >= 15 is 0 Å². The van der Waals surface area contributed by atoms with Crippen LogP contribution in [0.1, 0.15) is 65.0 Å². The summed E-state index contributed by atoms with van der Waals surface area (Å²) in [4.78, 5) is 0. The molecule has 0 heterocycles. The highest BCUT2D eigenvalue weighted by Crippen LogP contribution is 2.27. The molecule has 0 aliphatic heterocycles. The first-order valence-corrected chi connectivity index (χ1v) is 8.35. The Labute approximate surface area is 131 Å². The number of hydrogen-bond acceptors (Lipinski definition) is 2. The van der Waals surface area contributed by atoms with Crippen LogP contribution in [-0.2, 0) is 5.41 Å². The number of aryl methyl sites for hydroxylation is 1. The summed E-state index contributed by atoms with van der Waals surface area (Å²) < 4.78 is 5.95. The first-order chi connectivity index (χ1) is 9.88. The summed E-state index contributed by atoms with van der Waals surface area (Å²) in [5, 5.41) is 3.51. The maximum Gasteiger partial charge on any atom is 0.122 e. The Morgan fingerprint density at radius 2 is 1.90 bits per heavy atom. The molecule has 0 amide bonds. The fourth-order valence-electron chi connectivity index (χ4n) is 2.53. The lowest BCUT2D eigenvalue weighted by molar-refractivity contribution is 0.293. The minimum absolute atomic E-state index is 0.198. The molecule has 21 heavy (non-hydrogen) atoms. The molecule has 0 aliphatic rings. The summed E-state index contributed by atoms with van der Waals surface area (Å²) in [6, 6.07) is 7.19. The second-order valence-corrected chi connectivity index (χ2v) is 6.88. The van der Waals surface area contributed by atoms with Crippen molar-refractivity contribution in [3.63, 3.8) is 0 Å². The van der Waals surface area contributed by atoms with Gasteiger partial charge in [0.25, 0.3) is 0 Å². The number of hydrogen-bond donors (Lipinski definition) is 1. The van der Waals surface area contributed by atoms with E-state index in [-0.39, 0.29) is 5.41 Å². The van der Waals surface area contributed by atoms with Crippen LogP contribution in [0, 0.1) is 6.92 Å². The van der Waals surface area contributed by atoms with Gasteiger partial charge in [0, 0.05) is 6.04 Å². The Balaban J connectivity index is 2.46. The lowest BCUT2D eigenvalue weighted by atomic mass is 9.86. The second-order valence-electron chi connectivity index (χ2n) is 6.88. The molecule has 2 heteroatoms. The van der Waals surface area contributed by atoms with Gasteiger partial charge < -0.3 is 10.1 Å². The van der Waals surface area contributed by atoms with E-state index < -0.39 is 0 Å². The second kappa shape index (κ2) is 8.43. The van der Waals surface area contributed by atoms with Crippen LogP contribution in [0.15, 0.2) is 18.2 Å². The molecule has 1 aromatic rings. The Morgan fingerprint density at radius 3 is 2.43 bits per heavy atom. The molecule has 0 saturated carbocycles. The number of ether oxygens (including phenoxy) is 1. The van der Waals surface area contributed by atoms with Crippen molar-refractivity contribution in [3.05, 3.63) is 29.3 Å². The lowest BCUT2D eigenvalue weighted by Crippen LogP contribution is -2.28. The van der Waals surface area contributed by atoms with Gasteiger partial charge >= 0.3 is 0 Å². The van der Waals surface area contributed by atoms with Gasteiger partial charge in [0.05, 0.1) is 6.61 Å². The van der Waals surface area contributed by atoms with E-state index in [0.29, 0.717) is 6.04 Å². The molecule has 1 N–H and O–H groups in total. The van der Waals surface area contributed by atoms with Crippen molar-refractivity contribution in [1.29, 1.82) is 0 Å². The Bertz CT molecular complexity index is 420. The van der Waals surface area contributed by atoms with E-state index in [0.717, 1.165) is 25.3 Å².